The van der Waals surface area contributed by atoms with E-state index < -0.39 is 20.1 Å². The van der Waals surface area contributed by atoms with Gasteiger partial charge in [0, 0.05) is 0 Å². The SMILES string of the molecule is O=[P+](O)COC(O)Cl. The van der Waals surface area contributed by atoms with Crippen LogP contribution in [0.1, 0.15) is 0 Å². The molecule has 2 atom stereocenters. The molecule has 0 aromatic carbocycles. The Kier molecular flexibility index (Phi) is 4.32. The highest BCUT2D eigenvalue weighted by Crippen LogP contribution is 2.13. The van der Waals surface area contributed by atoms with Crippen LogP contribution in [0, 0.1) is 0 Å². The molecule has 48 valence electrons. The third-order valence-corrected chi connectivity index (χ3v) is 0.818. The van der Waals surface area contributed by atoms with E-state index in [0.717, 1.165) is 0 Å². The topological polar surface area (TPSA) is 66.8 Å². The highest BCUT2D eigenvalue weighted by atomic mass is 35.5. The Bertz CT molecular complexity index is 84.1. The van der Waals surface area contributed by atoms with Crippen LogP contribution in [0.2, 0.25) is 0 Å². The van der Waals surface area contributed by atoms with Crippen LogP contribution in [0.4, 0.5) is 0 Å². The van der Waals surface area contributed by atoms with Crippen molar-refractivity contribution in [1.82, 2.24) is 0 Å². The third kappa shape index (κ3) is 6.27. The van der Waals surface area contributed by atoms with Gasteiger partial charge < -0.3 is 5.11 Å². The van der Waals surface area contributed by atoms with Crippen molar-refractivity contribution in [3.05, 3.63) is 0 Å². The summed E-state index contributed by atoms with van der Waals surface area (Å²) in [6, 6.07) is 0. The lowest BCUT2D eigenvalue weighted by atomic mass is 11.4. The van der Waals surface area contributed by atoms with Crippen LogP contribution < -0.4 is 0 Å². The maximum Gasteiger partial charge on any atom is 0.534 e. The molecule has 0 rings (SSSR count). The van der Waals surface area contributed by atoms with Crippen molar-refractivity contribution >= 4 is 19.6 Å². The Balaban J connectivity index is 3.05. The monoisotopic (exact) mass is 159 g/mol. The fourth-order valence-electron chi connectivity index (χ4n) is 0.125. The molecule has 8 heavy (non-hydrogen) atoms. The summed E-state index contributed by atoms with van der Waals surface area (Å²) in [7, 11) is -2.35. The van der Waals surface area contributed by atoms with Crippen molar-refractivity contribution in [3.8, 4) is 0 Å². The maximum atomic E-state index is 9.76. The van der Waals surface area contributed by atoms with E-state index >= 15 is 0 Å². The molecule has 0 amide bonds. The Morgan fingerprint density at radius 1 is 1.88 bits per heavy atom. The van der Waals surface area contributed by atoms with Crippen molar-refractivity contribution in [2.24, 2.45) is 0 Å². The average Bonchev–Trinajstić information content (AvgIpc) is 1.61. The van der Waals surface area contributed by atoms with Crippen LogP contribution in [0.5, 0.6) is 0 Å². The lowest BCUT2D eigenvalue weighted by Gasteiger charge is -1.93. The first-order chi connectivity index (χ1) is 3.63. The lowest BCUT2D eigenvalue weighted by Crippen LogP contribution is -2.01. The minimum atomic E-state index is -2.35. The summed E-state index contributed by atoms with van der Waals surface area (Å²) < 4.78 is 13.8. The standard InChI is InChI=1S/C2H4ClO4P/c3-2(4)7-1-8(5)6/h2,4H,1H2/p+1. The second-order valence-electron chi connectivity index (χ2n) is 0.940. The molecule has 4 nitrogen and oxygen atoms in total. The zero-order valence-corrected chi connectivity index (χ0v) is 5.47. The summed E-state index contributed by atoms with van der Waals surface area (Å²) in [5.74, 6) is -1.49. The molecule has 6 heteroatoms. The molecule has 0 heterocycles. The Labute approximate surface area is 51.9 Å². The Morgan fingerprint density at radius 3 is 2.50 bits per heavy atom. The van der Waals surface area contributed by atoms with Gasteiger partial charge in [-0.05, 0) is 4.57 Å². The first-order valence-electron chi connectivity index (χ1n) is 1.70. The van der Waals surface area contributed by atoms with Crippen LogP contribution >= 0.6 is 19.6 Å². The van der Waals surface area contributed by atoms with Gasteiger partial charge in [0.1, 0.15) is 0 Å². The van der Waals surface area contributed by atoms with E-state index in [2.05, 4.69) is 4.74 Å². The van der Waals surface area contributed by atoms with E-state index in [4.69, 9.17) is 21.6 Å². The van der Waals surface area contributed by atoms with Crippen LogP contribution in [0.15, 0.2) is 0 Å². The molecule has 2 unspecified atom stereocenters. The van der Waals surface area contributed by atoms with E-state index in [0.29, 0.717) is 0 Å². The maximum absolute atomic E-state index is 9.76. The van der Waals surface area contributed by atoms with E-state index in [1.807, 2.05) is 0 Å². The highest BCUT2D eigenvalue weighted by Gasteiger charge is 2.11. The summed E-state index contributed by atoms with van der Waals surface area (Å²) in [5.41, 5.74) is 0. The van der Waals surface area contributed by atoms with Crippen molar-refractivity contribution in [1.29, 1.82) is 0 Å². The molecule has 0 aromatic rings. The van der Waals surface area contributed by atoms with Crippen molar-refractivity contribution in [2.45, 2.75) is 5.75 Å². The lowest BCUT2D eigenvalue weighted by molar-refractivity contribution is -0.0192. The summed E-state index contributed by atoms with van der Waals surface area (Å²) in [5, 5.41) is 8.10. The molecule has 0 radical (unpaired) electrons. The normalized spacial score (nSPS) is 15.6. The van der Waals surface area contributed by atoms with Crippen LogP contribution in [-0.4, -0.2) is 22.1 Å². The minimum Gasteiger partial charge on any atom is -0.356 e. The molecule has 0 bridgehead atoms. The second kappa shape index (κ2) is 4.18. The molecule has 2 N–H and O–H groups in total. The highest BCUT2D eigenvalue weighted by molar-refractivity contribution is 7.37. The predicted octanol–water partition coefficient (Wildman–Crippen LogP) is 0.210. The number of rotatable bonds is 3. The van der Waals surface area contributed by atoms with Crippen molar-refractivity contribution in [2.75, 3.05) is 6.35 Å². The fourth-order valence-corrected chi connectivity index (χ4v) is 0.545. The van der Waals surface area contributed by atoms with Gasteiger partial charge in [0.2, 0.25) is 5.75 Å². The molecule has 0 aromatic heterocycles. The number of aliphatic hydroxyl groups is 1. The van der Waals surface area contributed by atoms with Gasteiger partial charge in [-0.15, -0.1) is 0 Å². The Hall–Kier alpha value is 0.270. The first kappa shape index (κ1) is 8.27. The van der Waals surface area contributed by atoms with Crippen LogP contribution in [0.3, 0.4) is 0 Å². The number of ether oxygens (including phenoxy) is 1. The smallest absolute Gasteiger partial charge is 0.356 e. The van der Waals surface area contributed by atoms with Gasteiger partial charge >= 0.3 is 8.03 Å². The van der Waals surface area contributed by atoms with Gasteiger partial charge in [0.05, 0.1) is 0 Å². The first-order valence-corrected chi connectivity index (χ1v) is 3.53. The quantitative estimate of drug-likeness (QED) is 0.351. The van der Waals surface area contributed by atoms with Crippen LogP contribution in [0.25, 0.3) is 0 Å². The largest absolute Gasteiger partial charge is 0.534 e. The van der Waals surface area contributed by atoms with Gasteiger partial charge in [0.15, 0.2) is 0 Å². The van der Waals surface area contributed by atoms with Gasteiger partial charge in [-0.3, -0.25) is 4.74 Å². The van der Waals surface area contributed by atoms with Crippen molar-refractivity contribution < 1.29 is 19.3 Å². The fraction of sp³-hybridized carbons (Fsp3) is 1.00. The number of aliphatic hydroxyl groups excluding tert-OH is 1. The molecular weight excluding hydrogens is 154 g/mol. The minimum absolute atomic E-state index is 0.431. The molecule has 0 fully saturated rings. The van der Waals surface area contributed by atoms with E-state index in [-0.39, 0.29) is 0 Å². The third-order valence-electron chi connectivity index (χ3n) is 0.323. The molecule has 0 saturated heterocycles. The van der Waals surface area contributed by atoms with Gasteiger partial charge in [-0.2, -0.15) is 4.89 Å². The summed E-state index contributed by atoms with van der Waals surface area (Å²) in [4.78, 5) is 8.02. The van der Waals surface area contributed by atoms with E-state index in [1.54, 1.807) is 0 Å². The average molecular weight is 159 g/mol. The molecule has 0 aliphatic carbocycles. The molecule has 0 aliphatic rings. The summed E-state index contributed by atoms with van der Waals surface area (Å²) in [6.07, 6.45) is -0.431. The molecule has 0 aliphatic heterocycles. The zero-order valence-electron chi connectivity index (χ0n) is 3.82. The second-order valence-corrected chi connectivity index (χ2v) is 2.28. The molecule has 0 saturated carbocycles. The molecule has 0 spiro atoms. The predicted molar refractivity (Wildman–Crippen MR) is 27.6 cm³/mol. The van der Waals surface area contributed by atoms with E-state index in [1.165, 1.54) is 0 Å². The zero-order chi connectivity index (χ0) is 6.57. The number of halogens is 1. The van der Waals surface area contributed by atoms with Crippen molar-refractivity contribution in [3.63, 3.8) is 0 Å². The number of alkyl halides is 1. The number of hydrogen-bond acceptors (Lipinski definition) is 3. The summed E-state index contributed by atoms with van der Waals surface area (Å²) in [6.45, 7) is 0. The van der Waals surface area contributed by atoms with E-state index in [9.17, 15) is 4.57 Å². The number of hydrogen-bond donors (Lipinski definition) is 2. The van der Waals surface area contributed by atoms with Gasteiger partial charge in [-0.1, -0.05) is 11.6 Å². The molecular formula is C2H5ClO4P+. The summed E-state index contributed by atoms with van der Waals surface area (Å²) >= 11 is 4.82. The Morgan fingerprint density at radius 2 is 2.38 bits per heavy atom. The van der Waals surface area contributed by atoms with Crippen LogP contribution in [-0.2, 0) is 9.30 Å². The van der Waals surface area contributed by atoms with Gasteiger partial charge in [0.25, 0.3) is 6.35 Å². The van der Waals surface area contributed by atoms with Gasteiger partial charge in [-0.25, -0.2) is 0 Å².